The Morgan fingerprint density at radius 3 is 2.56 bits per heavy atom. The highest BCUT2D eigenvalue weighted by Gasteiger charge is 2.06. The Labute approximate surface area is 104 Å². The second kappa shape index (κ2) is 8.66. The van der Waals surface area contributed by atoms with Gasteiger partial charge in [-0.05, 0) is 25.0 Å². The van der Waals surface area contributed by atoms with E-state index in [2.05, 4.69) is 37.3 Å². The summed E-state index contributed by atoms with van der Waals surface area (Å²) < 4.78 is 5.48. The highest BCUT2D eigenvalue weighted by molar-refractivity contribution is 7.99. The van der Waals surface area contributed by atoms with Gasteiger partial charge < -0.3 is 4.74 Å². The summed E-state index contributed by atoms with van der Waals surface area (Å²) in [7, 11) is 1.83. The molecule has 90 valence electrons. The van der Waals surface area contributed by atoms with Crippen LogP contribution in [0, 0.1) is 0 Å². The van der Waals surface area contributed by atoms with Crippen molar-refractivity contribution in [2.24, 2.45) is 0 Å². The van der Waals surface area contributed by atoms with E-state index in [-0.39, 0.29) is 0 Å². The molecule has 0 aliphatic rings. The van der Waals surface area contributed by atoms with Gasteiger partial charge in [0.25, 0.3) is 0 Å². The molecule has 0 aromatic heterocycles. The molecule has 0 saturated heterocycles. The molecule has 1 atom stereocenters. The van der Waals surface area contributed by atoms with Crippen molar-refractivity contribution >= 4 is 11.8 Å². The molecule has 16 heavy (non-hydrogen) atoms. The van der Waals surface area contributed by atoms with Gasteiger partial charge in [0, 0.05) is 17.8 Å². The number of methoxy groups -OCH3 is 1. The lowest BCUT2D eigenvalue weighted by molar-refractivity contribution is 0.0912. The molecular formula is C14H22OS. The maximum Gasteiger partial charge on any atom is 0.0579 e. The molecule has 2 heteroatoms. The van der Waals surface area contributed by atoms with Crippen LogP contribution in [0.2, 0.25) is 0 Å². The van der Waals surface area contributed by atoms with Crippen molar-refractivity contribution in [3.8, 4) is 0 Å². The predicted molar refractivity (Wildman–Crippen MR) is 72.1 cm³/mol. The molecule has 0 amide bonds. The molecule has 0 unspecified atom stereocenters. The van der Waals surface area contributed by atoms with Crippen LogP contribution in [-0.2, 0) is 4.74 Å². The van der Waals surface area contributed by atoms with E-state index in [9.17, 15) is 0 Å². The molecule has 1 aromatic carbocycles. The lowest BCUT2D eigenvalue weighted by Gasteiger charge is -2.14. The van der Waals surface area contributed by atoms with Gasteiger partial charge in [-0.1, -0.05) is 38.0 Å². The summed E-state index contributed by atoms with van der Waals surface area (Å²) >= 11 is 1.92. The van der Waals surface area contributed by atoms with Crippen LogP contribution in [0.5, 0.6) is 0 Å². The third-order valence-corrected chi connectivity index (χ3v) is 3.71. The van der Waals surface area contributed by atoms with Crippen LogP contribution < -0.4 is 0 Å². The van der Waals surface area contributed by atoms with E-state index in [1.54, 1.807) is 0 Å². The lowest BCUT2D eigenvalue weighted by atomic mass is 10.1. The van der Waals surface area contributed by atoms with Crippen LogP contribution in [0.1, 0.15) is 32.6 Å². The second-order valence-electron chi connectivity index (χ2n) is 3.95. The largest absolute Gasteiger partial charge is 0.381 e. The lowest BCUT2D eigenvalue weighted by Crippen LogP contribution is -2.11. The highest BCUT2D eigenvalue weighted by Crippen LogP contribution is 2.20. The molecule has 0 bridgehead atoms. The van der Waals surface area contributed by atoms with Gasteiger partial charge in [-0.3, -0.25) is 0 Å². The Morgan fingerprint density at radius 1 is 1.19 bits per heavy atom. The summed E-state index contributed by atoms with van der Waals surface area (Å²) in [6.07, 6.45) is 5.31. The quantitative estimate of drug-likeness (QED) is 0.622. The summed E-state index contributed by atoms with van der Waals surface area (Å²) in [5.41, 5.74) is 0. The Balaban J connectivity index is 2.18. The van der Waals surface area contributed by atoms with Crippen molar-refractivity contribution in [2.45, 2.75) is 43.6 Å². The van der Waals surface area contributed by atoms with Crippen LogP contribution >= 0.6 is 11.8 Å². The number of hydrogen-bond donors (Lipinski definition) is 0. The van der Waals surface area contributed by atoms with Crippen LogP contribution in [0.4, 0.5) is 0 Å². The molecule has 0 saturated carbocycles. The predicted octanol–water partition coefficient (Wildman–Crippen LogP) is 4.37. The first-order chi connectivity index (χ1) is 7.86. The minimum Gasteiger partial charge on any atom is -0.381 e. The van der Waals surface area contributed by atoms with Crippen LogP contribution in [-0.4, -0.2) is 19.0 Å². The fraction of sp³-hybridized carbons (Fsp3) is 0.571. The first kappa shape index (κ1) is 13.6. The SMILES string of the molecule is CCCC[C@H](CCSc1ccccc1)OC. The van der Waals surface area contributed by atoms with E-state index in [1.807, 2.05) is 18.9 Å². The zero-order valence-corrected chi connectivity index (χ0v) is 11.1. The van der Waals surface area contributed by atoms with E-state index < -0.39 is 0 Å². The minimum absolute atomic E-state index is 0.441. The second-order valence-corrected chi connectivity index (χ2v) is 5.12. The highest BCUT2D eigenvalue weighted by atomic mass is 32.2. The molecule has 0 spiro atoms. The first-order valence-corrected chi connectivity index (χ1v) is 7.06. The van der Waals surface area contributed by atoms with Gasteiger partial charge in [0.15, 0.2) is 0 Å². The van der Waals surface area contributed by atoms with Gasteiger partial charge in [-0.15, -0.1) is 11.8 Å². The molecule has 0 radical (unpaired) electrons. The fourth-order valence-electron chi connectivity index (χ4n) is 1.64. The van der Waals surface area contributed by atoms with Gasteiger partial charge >= 0.3 is 0 Å². The number of rotatable bonds is 8. The Morgan fingerprint density at radius 2 is 1.94 bits per heavy atom. The van der Waals surface area contributed by atoms with Crippen molar-refractivity contribution in [1.29, 1.82) is 0 Å². The monoisotopic (exact) mass is 238 g/mol. The molecule has 1 aromatic rings. The molecule has 0 heterocycles. The maximum atomic E-state index is 5.48. The minimum atomic E-state index is 0.441. The Hall–Kier alpha value is -0.470. The van der Waals surface area contributed by atoms with E-state index in [0.717, 1.165) is 12.2 Å². The van der Waals surface area contributed by atoms with Crippen LogP contribution in [0.15, 0.2) is 35.2 Å². The maximum absolute atomic E-state index is 5.48. The Kier molecular flexibility index (Phi) is 7.35. The standard InChI is InChI=1S/C14H22OS/c1-3-4-8-13(15-2)11-12-16-14-9-6-5-7-10-14/h5-7,9-10,13H,3-4,8,11-12H2,1-2H3/t13-/m1/s1. The van der Waals surface area contributed by atoms with Crippen LogP contribution in [0.3, 0.4) is 0 Å². The van der Waals surface area contributed by atoms with Crippen LogP contribution in [0.25, 0.3) is 0 Å². The van der Waals surface area contributed by atoms with Gasteiger partial charge in [-0.25, -0.2) is 0 Å². The van der Waals surface area contributed by atoms with E-state index >= 15 is 0 Å². The van der Waals surface area contributed by atoms with Gasteiger partial charge in [-0.2, -0.15) is 0 Å². The fourth-order valence-corrected chi connectivity index (χ4v) is 2.60. The van der Waals surface area contributed by atoms with Crippen molar-refractivity contribution in [2.75, 3.05) is 12.9 Å². The van der Waals surface area contributed by atoms with Gasteiger partial charge in [0.1, 0.15) is 0 Å². The number of benzene rings is 1. The molecule has 1 rings (SSSR count). The zero-order chi connectivity index (χ0) is 11.6. The number of unbranched alkanes of at least 4 members (excludes halogenated alkanes) is 1. The molecule has 0 aliphatic heterocycles. The molecule has 0 N–H and O–H groups in total. The van der Waals surface area contributed by atoms with E-state index in [0.29, 0.717) is 6.10 Å². The topological polar surface area (TPSA) is 9.23 Å². The van der Waals surface area contributed by atoms with E-state index in [1.165, 1.54) is 24.2 Å². The average Bonchev–Trinajstić information content (AvgIpc) is 2.35. The van der Waals surface area contributed by atoms with Gasteiger partial charge in [0.05, 0.1) is 6.10 Å². The van der Waals surface area contributed by atoms with Crippen molar-refractivity contribution in [3.63, 3.8) is 0 Å². The molecule has 0 aliphatic carbocycles. The number of hydrogen-bond acceptors (Lipinski definition) is 2. The Bertz CT molecular complexity index is 261. The summed E-state index contributed by atoms with van der Waals surface area (Å²) in [6.45, 7) is 2.23. The third-order valence-electron chi connectivity index (χ3n) is 2.66. The summed E-state index contributed by atoms with van der Waals surface area (Å²) in [5, 5.41) is 0. The number of ether oxygens (including phenoxy) is 1. The van der Waals surface area contributed by atoms with Crippen molar-refractivity contribution in [3.05, 3.63) is 30.3 Å². The average molecular weight is 238 g/mol. The van der Waals surface area contributed by atoms with Crippen molar-refractivity contribution in [1.82, 2.24) is 0 Å². The first-order valence-electron chi connectivity index (χ1n) is 6.07. The molecule has 0 fully saturated rings. The molecular weight excluding hydrogens is 216 g/mol. The normalized spacial score (nSPS) is 12.6. The summed E-state index contributed by atoms with van der Waals surface area (Å²) in [6, 6.07) is 10.6. The van der Waals surface area contributed by atoms with E-state index in [4.69, 9.17) is 4.74 Å². The summed E-state index contributed by atoms with van der Waals surface area (Å²) in [5.74, 6) is 1.15. The summed E-state index contributed by atoms with van der Waals surface area (Å²) in [4.78, 5) is 1.35. The molecule has 1 nitrogen and oxygen atoms in total. The van der Waals surface area contributed by atoms with Gasteiger partial charge in [0.2, 0.25) is 0 Å². The zero-order valence-electron chi connectivity index (χ0n) is 10.3. The smallest absolute Gasteiger partial charge is 0.0579 e. The van der Waals surface area contributed by atoms with Crippen molar-refractivity contribution < 1.29 is 4.74 Å². The number of thioether (sulfide) groups is 1. The third kappa shape index (κ3) is 5.57.